The lowest BCUT2D eigenvalue weighted by Crippen LogP contribution is -2.43. The van der Waals surface area contributed by atoms with Crippen LogP contribution in [0.15, 0.2) is 29.3 Å². The fourth-order valence-electron chi connectivity index (χ4n) is 3.08. The van der Waals surface area contributed by atoms with Crippen LogP contribution in [0.1, 0.15) is 31.7 Å². The SMILES string of the molecule is CCNC(=NCC1(O)CCSC1)NCC1(c2cccc(Cl)c2)CC1.I. The zero-order chi connectivity index (χ0) is 17.0. The summed E-state index contributed by atoms with van der Waals surface area (Å²) >= 11 is 7.94. The minimum atomic E-state index is -0.642. The van der Waals surface area contributed by atoms with E-state index in [-0.39, 0.29) is 29.4 Å². The van der Waals surface area contributed by atoms with Crippen molar-refractivity contribution in [2.24, 2.45) is 4.99 Å². The lowest BCUT2D eigenvalue weighted by molar-refractivity contribution is 0.0778. The van der Waals surface area contributed by atoms with Crippen molar-refractivity contribution in [3.8, 4) is 0 Å². The highest BCUT2D eigenvalue weighted by atomic mass is 127. The molecule has 1 aromatic rings. The monoisotopic (exact) mass is 495 g/mol. The Labute approximate surface area is 176 Å². The van der Waals surface area contributed by atoms with Gasteiger partial charge in [-0.15, -0.1) is 24.0 Å². The number of nitrogens with one attached hydrogen (secondary N) is 2. The maximum absolute atomic E-state index is 10.5. The van der Waals surface area contributed by atoms with Crippen molar-refractivity contribution in [2.45, 2.75) is 37.2 Å². The molecule has 25 heavy (non-hydrogen) atoms. The van der Waals surface area contributed by atoms with Crippen LogP contribution in [0.2, 0.25) is 5.02 Å². The van der Waals surface area contributed by atoms with E-state index in [2.05, 4.69) is 34.7 Å². The Kier molecular flexibility index (Phi) is 7.73. The number of guanidine groups is 1. The summed E-state index contributed by atoms with van der Waals surface area (Å²) in [4.78, 5) is 4.61. The number of aliphatic imine (C=N–C) groups is 1. The second-order valence-electron chi connectivity index (χ2n) is 6.87. The highest BCUT2D eigenvalue weighted by Gasteiger charge is 2.44. The van der Waals surface area contributed by atoms with Gasteiger partial charge in [-0.25, -0.2) is 0 Å². The Bertz CT molecular complexity index is 604. The highest BCUT2D eigenvalue weighted by molar-refractivity contribution is 14.0. The van der Waals surface area contributed by atoms with Crippen molar-refractivity contribution in [3.63, 3.8) is 0 Å². The number of aliphatic hydroxyl groups is 1. The standard InChI is InChI=1S/C18H26ClN3OS.HI/c1-2-20-16(22-12-18(23)8-9-24-13-18)21-11-17(6-7-17)14-4-3-5-15(19)10-14;/h3-5,10,23H,2,6-9,11-13H2,1H3,(H2,20,21,22);1H. The molecule has 1 saturated carbocycles. The van der Waals surface area contributed by atoms with Gasteiger partial charge in [0.2, 0.25) is 0 Å². The molecule has 1 unspecified atom stereocenters. The summed E-state index contributed by atoms with van der Waals surface area (Å²) < 4.78 is 0. The number of hydrogen-bond donors (Lipinski definition) is 3. The minimum absolute atomic E-state index is 0. The molecule has 0 bridgehead atoms. The molecule has 1 aliphatic heterocycles. The van der Waals surface area contributed by atoms with Gasteiger partial charge < -0.3 is 15.7 Å². The summed E-state index contributed by atoms with van der Waals surface area (Å²) in [5.74, 6) is 2.59. The molecule has 4 nitrogen and oxygen atoms in total. The Hall–Kier alpha value is -0.180. The summed E-state index contributed by atoms with van der Waals surface area (Å²) in [5.41, 5.74) is 0.822. The first kappa shape index (κ1) is 21.1. The molecule has 0 aromatic heterocycles. The van der Waals surface area contributed by atoms with E-state index in [9.17, 15) is 5.11 Å². The minimum Gasteiger partial charge on any atom is -0.387 e. The summed E-state index contributed by atoms with van der Waals surface area (Å²) in [6.45, 7) is 4.16. The zero-order valence-corrected chi connectivity index (χ0v) is 18.5. The van der Waals surface area contributed by atoms with Crippen molar-refractivity contribution >= 4 is 53.3 Å². The molecule has 7 heteroatoms. The van der Waals surface area contributed by atoms with Gasteiger partial charge in [-0.1, -0.05) is 23.7 Å². The first-order chi connectivity index (χ1) is 11.6. The van der Waals surface area contributed by atoms with Crippen molar-refractivity contribution in [2.75, 3.05) is 31.1 Å². The number of hydrogen-bond acceptors (Lipinski definition) is 3. The first-order valence-electron chi connectivity index (χ1n) is 8.64. The van der Waals surface area contributed by atoms with Crippen LogP contribution in [0.5, 0.6) is 0 Å². The molecule has 0 spiro atoms. The van der Waals surface area contributed by atoms with Gasteiger partial charge in [0, 0.05) is 29.3 Å². The number of halogens is 2. The maximum Gasteiger partial charge on any atom is 0.191 e. The predicted molar refractivity (Wildman–Crippen MR) is 119 cm³/mol. The topological polar surface area (TPSA) is 56.7 Å². The number of nitrogens with zero attached hydrogens (tertiary/aromatic N) is 1. The van der Waals surface area contributed by atoms with Crippen molar-refractivity contribution in [3.05, 3.63) is 34.9 Å². The van der Waals surface area contributed by atoms with Crippen molar-refractivity contribution in [1.82, 2.24) is 10.6 Å². The molecule has 1 atom stereocenters. The van der Waals surface area contributed by atoms with Crippen LogP contribution in [0, 0.1) is 0 Å². The van der Waals surface area contributed by atoms with E-state index < -0.39 is 5.60 Å². The van der Waals surface area contributed by atoms with Gasteiger partial charge in [-0.2, -0.15) is 11.8 Å². The van der Waals surface area contributed by atoms with Crippen LogP contribution >= 0.6 is 47.3 Å². The second-order valence-corrected chi connectivity index (χ2v) is 8.41. The molecule has 2 fully saturated rings. The molecule has 1 heterocycles. The van der Waals surface area contributed by atoms with Crippen LogP contribution < -0.4 is 10.6 Å². The summed E-state index contributed by atoms with van der Waals surface area (Å²) in [5, 5.41) is 18.0. The summed E-state index contributed by atoms with van der Waals surface area (Å²) in [6, 6.07) is 8.16. The lowest BCUT2D eigenvalue weighted by atomic mass is 9.96. The van der Waals surface area contributed by atoms with Gasteiger partial charge in [0.05, 0.1) is 12.1 Å². The van der Waals surface area contributed by atoms with Gasteiger partial charge in [0.25, 0.3) is 0 Å². The highest BCUT2D eigenvalue weighted by Crippen LogP contribution is 2.48. The smallest absolute Gasteiger partial charge is 0.191 e. The van der Waals surface area contributed by atoms with E-state index in [0.717, 1.165) is 42.0 Å². The van der Waals surface area contributed by atoms with Gasteiger partial charge in [0.15, 0.2) is 5.96 Å². The maximum atomic E-state index is 10.5. The van der Waals surface area contributed by atoms with Gasteiger partial charge in [-0.3, -0.25) is 4.99 Å². The Morgan fingerprint density at radius 2 is 2.12 bits per heavy atom. The van der Waals surface area contributed by atoms with Crippen molar-refractivity contribution < 1.29 is 5.11 Å². The molecule has 1 saturated heterocycles. The normalized spacial score (nSPS) is 24.5. The largest absolute Gasteiger partial charge is 0.387 e. The summed E-state index contributed by atoms with van der Waals surface area (Å²) in [6.07, 6.45) is 3.16. The molecule has 1 aromatic carbocycles. The van der Waals surface area contributed by atoms with Crippen LogP contribution in [0.25, 0.3) is 0 Å². The Balaban J connectivity index is 0.00000225. The number of rotatable bonds is 6. The first-order valence-corrected chi connectivity index (χ1v) is 10.2. The number of thioether (sulfide) groups is 1. The van der Waals surface area contributed by atoms with E-state index in [4.69, 9.17) is 11.6 Å². The molecule has 140 valence electrons. The van der Waals surface area contributed by atoms with Gasteiger partial charge >= 0.3 is 0 Å². The van der Waals surface area contributed by atoms with E-state index in [0.29, 0.717) is 6.54 Å². The van der Waals surface area contributed by atoms with Crippen LogP contribution in [-0.2, 0) is 5.41 Å². The quantitative estimate of drug-likeness (QED) is 0.322. The Morgan fingerprint density at radius 1 is 1.32 bits per heavy atom. The second kappa shape index (κ2) is 9.15. The van der Waals surface area contributed by atoms with E-state index in [1.54, 1.807) is 11.8 Å². The molecular weight excluding hydrogens is 469 g/mol. The predicted octanol–water partition coefficient (Wildman–Crippen LogP) is 3.41. The van der Waals surface area contributed by atoms with E-state index >= 15 is 0 Å². The van der Waals surface area contributed by atoms with Crippen LogP contribution in [0.4, 0.5) is 0 Å². The summed E-state index contributed by atoms with van der Waals surface area (Å²) in [7, 11) is 0. The van der Waals surface area contributed by atoms with E-state index in [1.165, 1.54) is 18.4 Å². The van der Waals surface area contributed by atoms with E-state index in [1.807, 2.05) is 12.1 Å². The molecule has 0 radical (unpaired) electrons. The van der Waals surface area contributed by atoms with Crippen LogP contribution in [-0.4, -0.2) is 47.8 Å². The molecule has 3 N–H and O–H groups in total. The third-order valence-electron chi connectivity index (χ3n) is 4.84. The molecule has 0 amide bonds. The molecule has 1 aliphatic carbocycles. The average Bonchev–Trinajstić information content (AvgIpc) is 3.25. The fourth-order valence-corrected chi connectivity index (χ4v) is 4.55. The zero-order valence-electron chi connectivity index (χ0n) is 14.6. The molecule has 3 rings (SSSR count). The Morgan fingerprint density at radius 3 is 2.72 bits per heavy atom. The fraction of sp³-hybridized carbons (Fsp3) is 0.611. The molecule has 2 aliphatic rings. The van der Waals surface area contributed by atoms with Crippen LogP contribution in [0.3, 0.4) is 0 Å². The van der Waals surface area contributed by atoms with Crippen molar-refractivity contribution in [1.29, 1.82) is 0 Å². The molecular formula is C18H27ClIN3OS. The third-order valence-corrected chi connectivity index (χ3v) is 6.31. The third kappa shape index (κ3) is 5.65. The lowest BCUT2D eigenvalue weighted by Gasteiger charge is -2.22. The average molecular weight is 496 g/mol. The number of benzene rings is 1. The van der Waals surface area contributed by atoms with Gasteiger partial charge in [0.1, 0.15) is 0 Å². The van der Waals surface area contributed by atoms with Gasteiger partial charge in [-0.05, 0) is 49.6 Å².